The summed E-state index contributed by atoms with van der Waals surface area (Å²) in [6, 6.07) is 13.8. The van der Waals surface area contributed by atoms with Gasteiger partial charge in [-0.2, -0.15) is 0 Å². The SMILES string of the molecule is CCC(NC(=O)c1ccc2c(c1)nc(-c1ccoc1)n2C1CCCCC1)C(=O)Nc1ccc(C=CC(=O)O)cc1. The second-order valence-electron chi connectivity index (χ2n) is 10.0. The number of anilines is 1. The van der Waals surface area contributed by atoms with Gasteiger partial charge >= 0.3 is 5.97 Å². The molecule has 5 rings (SSSR count). The molecule has 40 heavy (non-hydrogen) atoms. The predicted octanol–water partition coefficient (Wildman–Crippen LogP) is 6.05. The Bertz CT molecular complexity index is 1530. The van der Waals surface area contributed by atoms with Gasteiger partial charge < -0.3 is 24.7 Å². The van der Waals surface area contributed by atoms with Gasteiger partial charge in [0.25, 0.3) is 5.91 Å². The van der Waals surface area contributed by atoms with Crippen molar-refractivity contribution in [2.75, 3.05) is 5.32 Å². The van der Waals surface area contributed by atoms with Crippen LogP contribution >= 0.6 is 0 Å². The van der Waals surface area contributed by atoms with Crippen LogP contribution in [-0.2, 0) is 9.59 Å². The average Bonchev–Trinajstić information content (AvgIpc) is 3.63. The zero-order valence-electron chi connectivity index (χ0n) is 22.3. The van der Waals surface area contributed by atoms with Crippen LogP contribution in [0.2, 0.25) is 0 Å². The van der Waals surface area contributed by atoms with Crippen LogP contribution in [0.1, 0.15) is 67.4 Å². The van der Waals surface area contributed by atoms with Crippen molar-refractivity contribution >= 4 is 40.6 Å². The molecule has 2 aromatic heterocycles. The van der Waals surface area contributed by atoms with Crippen LogP contribution in [0.25, 0.3) is 28.5 Å². The van der Waals surface area contributed by atoms with E-state index in [-0.39, 0.29) is 11.8 Å². The molecule has 3 N–H and O–H groups in total. The number of carbonyl (C=O) groups is 3. The van der Waals surface area contributed by atoms with Crippen LogP contribution in [0.4, 0.5) is 5.69 Å². The van der Waals surface area contributed by atoms with Gasteiger partial charge in [-0.15, -0.1) is 0 Å². The minimum atomic E-state index is -1.03. The third-order valence-corrected chi connectivity index (χ3v) is 7.30. The first-order valence-corrected chi connectivity index (χ1v) is 13.6. The third-order valence-electron chi connectivity index (χ3n) is 7.30. The Hall–Kier alpha value is -4.66. The maximum Gasteiger partial charge on any atom is 0.328 e. The van der Waals surface area contributed by atoms with Crippen molar-refractivity contribution in [3.8, 4) is 11.4 Å². The number of hydrogen-bond donors (Lipinski definition) is 3. The Morgan fingerprint density at radius 2 is 1.88 bits per heavy atom. The highest BCUT2D eigenvalue weighted by molar-refractivity contribution is 6.02. The van der Waals surface area contributed by atoms with E-state index >= 15 is 0 Å². The standard InChI is InChI=1S/C31H32N4O5/c1-2-25(31(39)32-23-12-8-20(9-13-23)10-15-28(36)37)34-30(38)21-11-14-27-26(18-21)33-29(22-16-17-40-19-22)35(27)24-6-4-3-5-7-24/h8-19,24-25H,2-7H2,1H3,(H,32,39)(H,34,38)(H,36,37). The second-order valence-corrected chi connectivity index (χ2v) is 10.0. The van der Waals surface area contributed by atoms with Crippen LogP contribution < -0.4 is 10.6 Å². The maximum absolute atomic E-state index is 13.2. The topological polar surface area (TPSA) is 126 Å². The summed E-state index contributed by atoms with van der Waals surface area (Å²) in [5, 5.41) is 14.4. The van der Waals surface area contributed by atoms with Crippen molar-refractivity contribution in [3.05, 3.63) is 78.3 Å². The first-order chi connectivity index (χ1) is 19.4. The lowest BCUT2D eigenvalue weighted by atomic mass is 9.95. The number of nitrogens with one attached hydrogen (secondary N) is 2. The van der Waals surface area contributed by atoms with Gasteiger partial charge in [0.15, 0.2) is 0 Å². The van der Waals surface area contributed by atoms with E-state index in [2.05, 4.69) is 15.2 Å². The molecule has 0 radical (unpaired) electrons. The summed E-state index contributed by atoms with van der Waals surface area (Å²) in [5.41, 5.74) is 4.28. The van der Waals surface area contributed by atoms with Crippen molar-refractivity contribution in [1.29, 1.82) is 0 Å². The van der Waals surface area contributed by atoms with Crippen molar-refractivity contribution in [3.63, 3.8) is 0 Å². The molecule has 1 unspecified atom stereocenters. The lowest BCUT2D eigenvalue weighted by Crippen LogP contribution is -2.43. The van der Waals surface area contributed by atoms with E-state index in [4.69, 9.17) is 14.5 Å². The van der Waals surface area contributed by atoms with E-state index < -0.39 is 12.0 Å². The molecular formula is C31H32N4O5. The molecule has 2 amide bonds. The number of carboxylic acids is 1. The molecule has 0 aliphatic heterocycles. The molecule has 0 bridgehead atoms. The third kappa shape index (κ3) is 5.98. The number of amides is 2. The molecule has 1 aliphatic rings. The Morgan fingerprint density at radius 3 is 2.55 bits per heavy atom. The Labute approximate surface area is 231 Å². The highest BCUT2D eigenvalue weighted by Gasteiger charge is 2.24. The highest BCUT2D eigenvalue weighted by atomic mass is 16.4. The molecule has 1 aliphatic carbocycles. The fraction of sp³-hybridized carbons (Fsp3) is 0.290. The first-order valence-electron chi connectivity index (χ1n) is 13.6. The second kappa shape index (κ2) is 12.0. The molecule has 0 spiro atoms. The minimum Gasteiger partial charge on any atom is -0.478 e. The van der Waals surface area contributed by atoms with E-state index in [0.717, 1.165) is 41.3 Å². The number of fused-ring (bicyclic) bond motifs is 1. The van der Waals surface area contributed by atoms with Crippen molar-refractivity contribution < 1.29 is 23.9 Å². The average molecular weight is 541 g/mol. The number of carboxylic acid groups (broad SMARTS) is 1. The van der Waals surface area contributed by atoms with Gasteiger partial charge in [0, 0.05) is 23.4 Å². The normalized spacial score (nSPS) is 14.8. The number of furan rings is 1. The van der Waals surface area contributed by atoms with Crippen molar-refractivity contribution in [1.82, 2.24) is 14.9 Å². The number of hydrogen-bond acceptors (Lipinski definition) is 5. The van der Waals surface area contributed by atoms with Crippen LogP contribution in [0.5, 0.6) is 0 Å². The molecule has 2 heterocycles. The summed E-state index contributed by atoms with van der Waals surface area (Å²) >= 11 is 0. The number of imidazole rings is 1. The molecule has 4 aromatic rings. The number of carbonyl (C=O) groups excluding carboxylic acids is 2. The van der Waals surface area contributed by atoms with Crippen LogP contribution in [0, 0.1) is 0 Å². The Morgan fingerprint density at radius 1 is 1.10 bits per heavy atom. The summed E-state index contributed by atoms with van der Waals surface area (Å²) in [4.78, 5) is 41.7. The molecule has 9 heteroatoms. The van der Waals surface area contributed by atoms with E-state index in [1.165, 1.54) is 25.3 Å². The van der Waals surface area contributed by atoms with Crippen molar-refractivity contribution in [2.24, 2.45) is 0 Å². The fourth-order valence-corrected chi connectivity index (χ4v) is 5.21. The van der Waals surface area contributed by atoms with Gasteiger partial charge in [-0.25, -0.2) is 9.78 Å². The lowest BCUT2D eigenvalue weighted by Gasteiger charge is -2.25. The van der Waals surface area contributed by atoms with Gasteiger partial charge in [0.1, 0.15) is 18.1 Å². The highest BCUT2D eigenvalue weighted by Crippen LogP contribution is 2.36. The minimum absolute atomic E-state index is 0.338. The Balaban J connectivity index is 1.32. The molecule has 0 saturated heterocycles. The first kappa shape index (κ1) is 26.9. The molecule has 1 atom stereocenters. The zero-order chi connectivity index (χ0) is 28.1. The predicted molar refractivity (Wildman–Crippen MR) is 153 cm³/mol. The number of rotatable bonds is 9. The van der Waals surface area contributed by atoms with E-state index in [0.29, 0.717) is 29.3 Å². The Kier molecular flexibility index (Phi) is 8.10. The molecule has 1 saturated carbocycles. The quantitative estimate of drug-likeness (QED) is 0.222. The van der Waals surface area contributed by atoms with Crippen LogP contribution in [-0.4, -0.2) is 38.5 Å². The van der Waals surface area contributed by atoms with Gasteiger partial charge in [-0.1, -0.05) is 38.3 Å². The van der Waals surface area contributed by atoms with Crippen LogP contribution in [0.15, 0.2) is 71.6 Å². The number of aliphatic carboxylic acids is 1. The summed E-state index contributed by atoms with van der Waals surface area (Å²) in [5.74, 6) is -0.887. The zero-order valence-corrected chi connectivity index (χ0v) is 22.3. The number of nitrogens with zero attached hydrogens (tertiary/aromatic N) is 2. The largest absolute Gasteiger partial charge is 0.478 e. The van der Waals surface area contributed by atoms with E-state index in [1.54, 1.807) is 48.9 Å². The van der Waals surface area contributed by atoms with Crippen molar-refractivity contribution in [2.45, 2.75) is 57.5 Å². The summed E-state index contributed by atoms with van der Waals surface area (Å²) < 4.78 is 7.62. The molecule has 1 fully saturated rings. The van der Waals surface area contributed by atoms with Gasteiger partial charge in [0.2, 0.25) is 5.91 Å². The van der Waals surface area contributed by atoms with Crippen LogP contribution in [0.3, 0.4) is 0 Å². The summed E-state index contributed by atoms with van der Waals surface area (Å²) in [7, 11) is 0. The lowest BCUT2D eigenvalue weighted by molar-refractivity contribution is -0.131. The maximum atomic E-state index is 13.2. The smallest absolute Gasteiger partial charge is 0.328 e. The van der Waals surface area contributed by atoms with Gasteiger partial charge in [0.05, 0.1) is 22.9 Å². The van der Waals surface area contributed by atoms with E-state index in [1.807, 2.05) is 19.1 Å². The monoisotopic (exact) mass is 540 g/mol. The van der Waals surface area contributed by atoms with Gasteiger partial charge in [-0.3, -0.25) is 9.59 Å². The number of benzene rings is 2. The fourth-order valence-electron chi connectivity index (χ4n) is 5.21. The summed E-state index contributed by atoms with van der Waals surface area (Å²) in [6.07, 6.45) is 12.0. The molecule has 206 valence electrons. The van der Waals surface area contributed by atoms with E-state index in [9.17, 15) is 14.4 Å². The molecule has 9 nitrogen and oxygen atoms in total. The molecule has 2 aromatic carbocycles. The summed E-state index contributed by atoms with van der Waals surface area (Å²) in [6.45, 7) is 1.83. The van der Waals surface area contributed by atoms with Gasteiger partial charge in [-0.05, 0) is 67.3 Å². The number of aromatic nitrogens is 2. The molecular weight excluding hydrogens is 508 g/mol.